The first-order chi connectivity index (χ1) is 4.34. The summed E-state index contributed by atoms with van der Waals surface area (Å²) in [6, 6.07) is 0. The van der Waals surface area contributed by atoms with E-state index in [1.807, 2.05) is 13.0 Å². The van der Waals surface area contributed by atoms with Gasteiger partial charge in [-0.2, -0.15) is 0 Å². The van der Waals surface area contributed by atoms with E-state index in [1.54, 1.807) is 0 Å². The van der Waals surface area contributed by atoms with Crippen molar-refractivity contribution in [2.24, 2.45) is 0 Å². The molecule has 0 fully saturated rings. The van der Waals surface area contributed by atoms with Gasteiger partial charge < -0.3 is 5.32 Å². The summed E-state index contributed by atoms with van der Waals surface area (Å²) >= 11 is 0. The van der Waals surface area contributed by atoms with Crippen molar-refractivity contribution in [3.8, 4) is 0 Å². The lowest BCUT2D eigenvalue weighted by molar-refractivity contribution is -0.115. The zero-order valence-electron chi connectivity index (χ0n) is 5.61. The molecule has 2 heteroatoms. The lowest BCUT2D eigenvalue weighted by Gasteiger charge is -1.94. The number of hydrogen-bond donors (Lipinski definition) is 1. The number of Topliss-reactive ketones (excluding diaryl/α,β-unsaturated/α-hetero) is 1. The Morgan fingerprint density at radius 1 is 1.89 bits per heavy atom. The summed E-state index contributed by atoms with van der Waals surface area (Å²) in [4.78, 5) is 10.9. The number of ketones is 1. The monoisotopic (exact) mass is 125 g/mol. The van der Waals surface area contributed by atoms with Crippen molar-refractivity contribution in [3.63, 3.8) is 0 Å². The van der Waals surface area contributed by atoms with E-state index < -0.39 is 0 Å². The first kappa shape index (κ1) is 6.49. The largest absolute Gasteiger partial charge is 0.309 e. The predicted octanol–water partition coefficient (Wildman–Crippen LogP) is 0.495. The molecule has 0 bridgehead atoms. The minimum atomic E-state index is 0.278. The fraction of sp³-hybridized carbons (Fsp3) is 0.571. The van der Waals surface area contributed by atoms with Gasteiger partial charge >= 0.3 is 0 Å². The second-order valence-electron chi connectivity index (χ2n) is 2.14. The van der Waals surface area contributed by atoms with Crippen LogP contribution in [-0.2, 0) is 4.79 Å². The maximum absolute atomic E-state index is 10.9. The van der Waals surface area contributed by atoms with Gasteiger partial charge in [0.15, 0.2) is 5.78 Å². The number of carbonyl (C=O) groups excluding carboxylic acids is 1. The van der Waals surface area contributed by atoms with Crippen LogP contribution in [-0.4, -0.2) is 18.9 Å². The van der Waals surface area contributed by atoms with Gasteiger partial charge in [0.1, 0.15) is 0 Å². The molecule has 1 heterocycles. The molecule has 1 aliphatic heterocycles. The van der Waals surface area contributed by atoms with E-state index in [0.717, 1.165) is 18.7 Å². The molecule has 0 aromatic heterocycles. The molecule has 9 heavy (non-hydrogen) atoms. The summed E-state index contributed by atoms with van der Waals surface area (Å²) in [6.45, 7) is 3.52. The Labute approximate surface area is 54.9 Å². The van der Waals surface area contributed by atoms with Crippen LogP contribution >= 0.6 is 0 Å². The predicted molar refractivity (Wildman–Crippen MR) is 36.3 cm³/mol. The molecule has 0 spiro atoms. The zero-order valence-corrected chi connectivity index (χ0v) is 5.61. The van der Waals surface area contributed by atoms with E-state index >= 15 is 0 Å². The lowest BCUT2D eigenvalue weighted by Crippen LogP contribution is -2.11. The van der Waals surface area contributed by atoms with Gasteiger partial charge in [-0.1, -0.05) is 13.0 Å². The molecule has 0 saturated carbocycles. The van der Waals surface area contributed by atoms with Crippen LogP contribution in [0.3, 0.4) is 0 Å². The topological polar surface area (TPSA) is 29.1 Å². The van der Waals surface area contributed by atoms with Crippen molar-refractivity contribution in [1.82, 2.24) is 5.32 Å². The summed E-state index contributed by atoms with van der Waals surface area (Å²) in [5.41, 5.74) is 0.956. The van der Waals surface area contributed by atoms with Crippen molar-refractivity contribution in [2.45, 2.75) is 13.3 Å². The average molecular weight is 125 g/mol. The minimum Gasteiger partial charge on any atom is -0.309 e. The molecule has 1 rings (SSSR count). The number of rotatable bonds is 2. The van der Waals surface area contributed by atoms with Crippen LogP contribution in [0.15, 0.2) is 11.6 Å². The summed E-state index contributed by atoms with van der Waals surface area (Å²) in [7, 11) is 0. The molecular weight excluding hydrogens is 114 g/mol. The molecule has 0 unspecified atom stereocenters. The highest BCUT2D eigenvalue weighted by Gasteiger charge is 2.09. The molecule has 0 saturated heterocycles. The highest BCUT2D eigenvalue weighted by molar-refractivity contribution is 5.95. The second kappa shape index (κ2) is 2.78. The van der Waals surface area contributed by atoms with Gasteiger partial charge in [-0.05, 0) is 0 Å². The number of nitrogens with one attached hydrogen (secondary N) is 1. The fourth-order valence-corrected chi connectivity index (χ4v) is 0.914. The van der Waals surface area contributed by atoms with Gasteiger partial charge in [-0.15, -0.1) is 0 Å². The van der Waals surface area contributed by atoms with Gasteiger partial charge in [0.05, 0.1) is 0 Å². The van der Waals surface area contributed by atoms with Gasteiger partial charge in [-0.3, -0.25) is 4.79 Å². The third kappa shape index (κ3) is 1.39. The molecule has 0 atom stereocenters. The van der Waals surface area contributed by atoms with E-state index in [1.165, 1.54) is 0 Å². The van der Waals surface area contributed by atoms with Crippen LogP contribution in [0.5, 0.6) is 0 Å². The highest BCUT2D eigenvalue weighted by atomic mass is 16.1. The van der Waals surface area contributed by atoms with E-state index in [-0.39, 0.29) is 5.78 Å². The highest BCUT2D eigenvalue weighted by Crippen LogP contribution is 2.01. The smallest absolute Gasteiger partial charge is 0.159 e. The standard InChI is InChI=1S/C7H11NO/c1-2-7(9)6-3-4-8-5-6/h3,8H,2,4-5H2,1H3. The van der Waals surface area contributed by atoms with E-state index in [9.17, 15) is 4.79 Å². The van der Waals surface area contributed by atoms with Crippen molar-refractivity contribution >= 4 is 5.78 Å². The first-order valence-corrected chi connectivity index (χ1v) is 3.27. The molecule has 0 radical (unpaired) electrons. The van der Waals surface area contributed by atoms with Gasteiger partial charge in [0.25, 0.3) is 0 Å². The minimum absolute atomic E-state index is 0.278. The molecule has 2 nitrogen and oxygen atoms in total. The quantitative estimate of drug-likeness (QED) is 0.582. The number of carbonyl (C=O) groups is 1. The zero-order chi connectivity index (χ0) is 6.69. The van der Waals surface area contributed by atoms with Crippen molar-refractivity contribution in [2.75, 3.05) is 13.1 Å². The van der Waals surface area contributed by atoms with Crippen LogP contribution < -0.4 is 5.32 Å². The molecule has 0 aromatic rings. The van der Waals surface area contributed by atoms with Crippen LogP contribution in [0.1, 0.15) is 13.3 Å². The molecular formula is C7H11NO. The maximum atomic E-state index is 10.9. The molecule has 1 aliphatic rings. The summed E-state index contributed by atoms with van der Waals surface area (Å²) < 4.78 is 0. The van der Waals surface area contributed by atoms with Gasteiger partial charge in [0, 0.05) is 25.1 Å². The second-order valence-corrected chi connectivity index (χ2v) is 2.14. The Morgan fingerprint density at radius 3 is 3.11 bits per heavy atom. The third-order valence-electron chi connectivity index (χ3n) is 1.49. The fourth-order valence-electron chi connectivity index (χ4n) is 0.914. The summed E-state index contributed by atoms with van der Waals surface area (Å²) in [5.74, 6) is 0.278. The van der Waals surface area contributed by atoms with Crippen molar-refractivity contribution in [1.29, 1.82) is 0 Å². The van der Waals surface area contributed by atoms with Crippen LogP contribution in [0.25, 0.3) is 0 Å². The van der Waals surface area contributed by atoms with Crippen molar-refractivity contribution in [3.05, 3.63) is 11.6 Å². The van der Waals surface area contributed by atoms with Crippen LogP contribution in [0.2, 0.25) is 0 Å². The summed E-state index contributed by atoms with van der Waals surface area (Å²) in [6.07, 6.45) is 2.60. The first-order valence-electron chi connectivity index (χ1n) is 3.27. The summed E-state index contributed by atoms with van der Waals surface area (Å²) in [5, 5.41) is 3.07. The Morgan fingerprint density at radius 2 is 2.67 bits per heavy atom. The third-order valence-corrected chi connectivity index (χ3v) is 1.49. The Balaban J connectivity index is 2.51. The SMILES string of the molecule is CCC(=O)C1=CCNC1. The van der Waals surface area contributed by atoms with Gasteiger partial charge in [-0.25, -0.2) is 0 Å². The molecule has 1 N–H and O–H groups in total. The molecule has 0 aliphatic carbocycles. The Bertz CT molecular complexity index is 149. The van der Waals surface area contributed by atoms with E-state index in [4.69, 9.17) is 0 Å². The van der Waals surface area contributed by atoms with Crippen molar-refractivity contribution < 1.29 is 4.79 Å². The molecule has 0 amide bonds. The van der Waals surface area contributed by atoms with E-state index in [0.29, 0.717) is 6.42 Å². The van der Waals surface area contributed by atoms with Crippen LogP contribution in [0.4, 0.5) is 0 Å². The maximum Gasteiger partial charge on any atom is 0.159 e. The van der Waals surface area contributed by atoms with Gasteiger partial charge in [0.2, 0.25) is 0 Å². The van der Waals surface area contributed by atoms with E-state index in [2.05, 4.69) is 5.32 Å². The number of hydrogen-bond acceptors (Lipinski definition) is 2. The molecule has 0 aromatic carbocycles. The lowest BCUT2D eigenvalue weighted by atomic mass is 10.1. The van der Waals surface area contributed by atoms with Crippen LogP contribution in [0, 0.1) is 0 Å². The molecule has 50 valence electrons. The Kier molecular flexibility index (Phi) is 2.01. The normalized spacial score (nSPS) is 17.7. The Hall–Kier alpha value is -0.630. The average Bonchev–Trinajstić information content (AvgIpc) is 2.37.